The number of carbonyl (C=O) groups is 3. The minimum absolute atomic E-state index is 0.200. The first-order valence-corrected chi connectivity index (χ1v) is 11.3. The lowest BCUT2D eigenvalue weighted by atomic mass is 10.1. The fourth-order valence-electron chi connectivity index (χ4n) is 2.68. The predicted molar refractivity (Wildman–Crippen MR) is 124 cm³/mol. The highest BCUT2D eigenvalue weighted by molar-refractivity contribution is 9.10. The maximum absolute atomic E-state index is 12.5. The van der Waals surface area contributed by atoms with E-state index in [2.05, 4.69) is 36.6 Å². The van der Waals surface area contributed by atoms with Gasteiger partial charge in [0.25, 0.3) is 11.1 Å². The second-order valence-electron chi connectivity index (χ2n) is 6.29. The van der Waals surface area contributed by atoms with Gasteiger partial charge < -0.3 is 14.2 Å². The van der Waals surface area contributed by atoms with Crippen molar-refractivity contribution in [1.29, 1.82) is 0 Å². The molecule has 10 heteroatoms. The predicted octanol–water partition coefficient (Wildman–Crippen LogP) is 5.01. The first-order chi connectivity index (χ1) is 14.8. The second-order valence-corrected chi connectivity index (χ2v) is 9.06. The van der Waals surface area contributed by atoms with Gasteiger partial charge in [0.2, 0.25) is 0 Å². The van der Waals surface area contributed by atoms with Gasteiger partial charge in [0.05, 0.1) is 23.6 Å². The van der Waals surface area contributed by atoms with Crippen LogP contribution in [0.3, 0.4) is 0 Å². The summed E-state index contributed by atoms with van der Waals surface area (Å²) in [4.78, 5) is 37.1. The van der Waals surface area contributed by atoms with Crippen molar-refractivity contribution in [1.82, 2.24) is 4.90 Å². The number of methoxy groups -OCH3 is 2. The Balaban J connectivity index is 1.80. The van der Waals surface area contributed by atoms with E-state index in [0.29, 0.717) is 28.1 Å². The van der Waals surface area contributed by atoms with Gasteiger partial charge in [0.15, 0.2) is 11.5 Å². The van der Waals surface area contributed by atoms with Crippen molar-refractivity contribution in [3.8, 4) is 11.5 Å². The fraction of sp³-hybridized carbons (Fsp3) is 0.190. The number of amides is 2. The van der Waals surface area contributed by atoms with Crippen molar-refractivity contribution in [3.63, 3.8) is 0 Å². The molecule has 3 rings (SSSR count). The molecule has 2 aromatic rings. The molecule has 0 saturated carbocycles. The molecule has 1 heterocycles. The van der Waals surface area contributed by atoms with E-state index in [1.165, 1.54) is 14.2 Å². The molecule has 0 radical (unpaired) electrons. The minimum Gasteiger partial charge on any atom is -0.493 e. The van der Waals surface area contributed by atoms with Crippen molar-refractivity contribution < 1.29 is 28.6 Å². The molecule has 0 bridgehead atoms. The Labute approximate surface area is 200 Å². The summed E-state index contributed by atoms with van der Waals surface area (Å²) in [6, 6.07) is 11.2. The standard InChI is InChI=1S/C21H17Br2NO6S/c1-28-16-8-13(9-17-20(26)24(21(27)31-17)10-18(25)29-2)7-15(23)19(16)30-11-12-3-5-14(22)6-4-12/h3-9H,10-11H2,1-2H3/b17-9+. The van der Waals surface area contributed by atoms with Crippen molar-refractivity contribution in [2.24, 2.45) is 0 Å². The molecule has 0 aliphatic carbocycles. The van der Waals surface area contributed by atoms with Gasteiger partial charge in [-0.25, -0.2) is 0 Å². The fourth-order valence-corrected chi connectivity index (χ4v) is 4.36. The van der Waals surface area contributed by atoms with Crippen LogP contribution in [0.15, 0.2) is 50.2 Å². The number of carbonyl (C=O) groups excluding carboxylic acids is 3. The molecule has 1 fully saturated rings. The molecule has 0 atom stereocenters. The van der Waals surface area contributed by atoms with Gasteiger partial charge in [-0.3, -0.25) is 19.3 Å². The molecular formula is C21H17Br2NO6S. The second kappa shape index (κ2) is 10.3. The Morgan fingerprint density at radius 1 is 1.13 bits per heavy atom. The molecule has 0 N–H and O–H groups in total. The van der Waals surface area contributed by atoms with Gasteiger partial charge in [0.1, 0.15) is 13.2 Å². The molecule has 0 unspecified atom stereocenters. The molecule has 2 amide bonds. The summed E-state index contributed by atoms with van der Waals surface area (Å²) in [6.45, 7) is -0.0810. The Morgan fingerprint density at radius 3 is 2.48 bits per heavy atom. The van der Waals surface area contributed by atoms with Crippen LogP contribution in [0.2, 0.25) is 0 Å². The quantitative estimate of drug-likeness (QED) is 0.342. The Kier molecular flexibility index (Phi) is 7.79. The number of nitrogens with zero attached hydrogens (tertiary/aromatic N) is 1. The molecule has 1 saturated heterocycles. The average Bonchev–Trinajstić information content (AvgIpc) is 3.01. The van der Waals surface area contributed by atoms with Gasteiger partial charge in [-0.05, 0) is 69.2 Å². The Bertz CT molecular complexity index is 1050. The van der Waals surface area contributed by atoms with E-state index in [1.54, 1.807) is 18.2 Å². The first-order valence-electron chi connectivity index (χ1n) is 8.89. The third kappa shape index (κ3) is 5.69. The van der Waals surface area contributed by atoms with Crippen LogP contribution in [-0.2, 0) is 20.9 Å². The molecule has 0 spiro atoms. The summed E-state index contributed by atoms with van der Waals surface area (Å²) in [6.07, 6.45) is 1.56. The molecule has 1 aliphatic heterocycles. The number of ether oxygens (including phenoxy) is 3. The number of imide groups is 1. The lowest BCUT2D eigenvalue weighted by Crippen LogP contribution is -2.34. The number of thioether (sulfide) groups is 1. The highest BCUT2D eigenvalue weighted by atomic mass is 79.9. The molecule has 162 valence electrons. The number of rotatable bonds is 7. The zero-order valence-corrected chi connectivity index (χ0v) is 20.5. The summed E-state index contributed by atoms with van der Waals surface area (Å²) < 4.78 is 17.5. The van der Waals surface area contributed by atoms with E-state index in [-0.39, 0.29) is 4.91 Å². The summed E-state index contributed by atoms with van der Waals surface area (Å²) in [5, 5.41) is -0.526. The van der Waals surface area contributed by atoms with Crippen LogP contribution in [0.1, 0.15) is 11.1 Å². The van der Waals surface area contributed by atoms with Crippen LogP contribution in [0, 0.1) is 0 Å². The smallest absolute Gasteiger partial charge is 0.325 e. The minimum atomic E-state index is -0.666. The lowest BCUT2D eigenvalue weighted by molar-refractivity contribution is -0.143. The van der Waals surface area contributed by atoms with Crippen LogP contribution < -0.4 is 9.47 Å². The summed E-state index contributed by atoms with van der Waals surface area (Å²) >= 11 is 7.64. The molecule has 31 heavy (non-hydrogen) atoms. The van der Waals surface area contributed by atoms with Crippen molar-refractivity contribution in [3.05, 3.63) is 61.4 Å². The Morgan fingerprint density at radius 2 is 1.84 bits per heavy atom. The maximum Gasteiger partial charge on any atom is 0.325 e. The van der Waals surface area contributed by atoms with E-state index < -0.39 is 23.7 Å². The summed E-state index contributed by atoms with van der Waals surface area (Å²) in [5.41, 5.74) is 1.61. The molecular weight excluding hydrogens is 554 g/mol. The van der Waals surface area contributed by atoms with Crippen LogP contribution in [-0.4, -0.2) is 42.8 Å². The van der Waals surface area contributed by atoms with E-state index in [9.17, 15) is 14.4 Å². The van der Waals surface area contributed by atoms with Crippen molar-refractivity contribution in [2.75, 3.05) is 20.8 Å². The van der Waals surface area contributed by atoms with Gasteiger partial charge >= 0.3 is 5.97 Å². The van der Waals surface area contributed by atoms with E-state index in [4.69, 9.17) is 9.47 Å². The van der Waals surface area contributed by atoms with Crippen LogP contribution in [0.25, 0.3) is 6.08 Å². The van der Waals surface area contributed by atoms with E-state index >= 15 is 0 Å². The van der Waals surface area contributed by atoms with Gasteiger partial charge in [-0.15, -0.1) is 0 Å². The Hall–Kier alpha value is -2.30. The number of halogens is 2. The average molecular weight is 571 g/mol. The number of benzene rings is 2. The van der Waals surface area contributed by atoms with Crippen LogP contribution >= 0.6 is 43.6 Å². The molecule has 2 aromatic carbocycles. The first kappa shape index (κ1) is 23.4. The van der Waals surface area contributed by atoms with Crippen LogP contribution in [0.4, 0.5) is 4.79 Å². The third-order valence-corrected chi connectivity index (χ3v) is 6.26. The van der Waals surface area contributed by atoms with Gasteiger partial charge in [-0.2, -0.15) is 0 Å². The summed E-state index contributed by atoms with van der Waals surface area (Å²) in [5.74, 6) is -0.237. The highest BCUT2D eigenvalue weighted by Crippen LogP contribution is 2.39. The number of hydrogen-bond acceptors (Lipinski definition) is 7. The van der Waals surface area contributed by atoms with E-state index in [1.807, 2.05) is 24.3 Å². The van der Waals surface area contributed by atoms with Crippen LogP contribution in [0.5, 0.6) is 11.5 Å². The normalized spacial score (nSPS) is 14.8. The lowest BCUT2D eigenvalue weighted by Gasteiger charge is -2.14. The SMILES string of the molecule is COC(=O)CN1C(=O)S/C(=C/c2cc(Br)c(OCc3ccc(Br)cc3)c(OC)c2)C1=O. The number of esters is 1. The highest BCUT2D eigenvalue weighted by Gasteiger charge is 2.36. The van der Waals surface area contributed by atoms with Gasteiger partial charge in [-0.1, -0.05) is 28.1 Å². The topological polar surface area (TPSA) is 82.1 Å². The molecule has 0 aromatic heterocycles. The molecule has 7 nitrogen and oxygen atoms in total. The zero-order valence-electron chi connectivity index (χ0n) is 16.5. The third-order valence-electron chi connectivity index (χ3n) is 4.23. The number of hydrogen-bond donors (Lipinski definition) is 0. The van der Waals surface area contributed by atoms with Gasteiger partial charge in [0, 0.05) is 4.47 Å². The summed E-state index contributed by atoms with van der Waals surface area (Å²) in [7, 11) is 2.71. The zero-order chi connectivity index (χ0) is 22.5. The van der Waals surface area contributed by atoms with Crippen molar-refractivity contribution in [2.45, 2.75) is 6.61 Å². The monoisotopic (exact) mass is 569 g/mol. The van der Waals surface area contributed by atoms with E-state index in [0.717, 1.165) is 26.7 Å². The van der Waals surface area contributed by atoms with Crippen molar-refractivity contribution >= 4 is 66.8 Å². The maximum atomic E-state index is 12.5. The largest absolute Gasteiger partial charge is 0.493 e. The molecule has 1 aliphatic rings.